The summed E-state index contributed by atoms with van der Waals surface area (Å²) in [6.45, 7) is 13.4. The maximum absolute atomic E-state index is 13.8. The fraction of sp³-hybridized carbons (Fsp3) is 0.703. The van der Waals surface area contributed by atoms with Crippen molar-refractivity contribution < 1.29 is 28.6 Å². The highest BCUT2D eigenvalue weighted by Gasteiger charge is 2.61. The Morgan fingerprint density at radius 1 is 1.12 bits per heavy atom. The van der Waals surface area contributed by atoms with E-state index in [1.165, 1.54) is 0 Å². The van der Waals surface area contributed by atoms with Gasteiger partial charge in [0.15, 0.2) is 5.60 Å². The van der Waals surface area contributed by atoms with Crippen LogP contribution in [0.2, 0.25) is 5.82 Å². The average Bonchev–Trinajstić information content (AvgIpc) is 3.76. The number of esters is 1. The van der Waals surface area contributed by atoms with Crippen molar-refractivity contribution in [3.05, 3.63) is 30.5 Å². The molecule has 9 atom stereocenters. The third-order valence-corrected chi connectivity index (χ3v) is 11.8. The smallest absolute Gasteiger partial charge is 0.410 e. The van der Waals surface area contributed by atoms with Crippen LogP contribution in [0.25, 0.3) is 11.3 Å². The summed E-state index contributed by atoms with van der Waals surface area (Å²) in [6.07, 6.45) is 5.52. The molecule has 12 nitrogen and oxygen atoms in total. The second-order valence-corrected chi connectivity index (χ2v) is 15.5. The monoisotopic (exact) mass is 692 g/mol. The number of Topliss-reactive ketones (excluding diaryl/α,β-unsaturated/α-hetero) is 1. The number of hydrogen-bond acceptors (Lipinski definition) is 10. The van der Waals surface area contributed by atoms with Gasteiger partial charge in [0.05, 0.1) is 17.8 Å². The summed E-state index contributed by atoms with van der Waals surface area (Å²) in [5, 5.41) is 12.5. The van der Waals surface area contributed by atoms with Crippen molar-refractivity contribution in [2.45, 2.75) is 122 Å². The molecule has 50 heavy (non-hydrogen) atoms. The lowest BCUT2D eigenvalue weighted by Crippen LogP contribution is -2.62. The summed E-state index contributed by atoms with van der Waals surface area (Å²) in [6, 6.07) is 7.12. The number of aryl methyl sites for hydroxylation is 1. The second kappa shape index (κ2) is 15.4. The quantitative estimate of drug-likeness (QED) is 0.128. The average molecular weight is 693 g/mol. The predicted octanol–water partition coefficient (Wildman–Crippen LogP) is 4.28. The van der Waals surface area contributed by atoms with E-state index in [1.54, 1.807) is 14.0 Å². The number of hydrogen-bond donors (Lipinski definition) is 2. The molecule has 0 spiro atoms. The molecule has 3 heterocycles. The Morgan fingerprint density at radius 3 is 2.50 bits per heavy atom. The summed E-state index contributed by atoms with van der Waals surface area (Å²) >= 11 is 0. The van der Waals surface area contributed by atoms with Gasteiger partial charge in [-0.15, -0.1) is 5.10 Å². The third kappa shape index (κ3) is 7.88. The predicted molar refractivity (Wildman–Crippen MR) is 194 cm³/mol. The Bertz CT molecular complexity index is 1520. The molecule has 3 N–H and O–H groups in total. The number of cyclic esters (lactones) is 1. The van der Waals surface area contributed by atoms with Crippen LogP contribution in [0.4, 0.5) is 10.5 Å². The number of benzene rings is 1. The largest absolute Gasteiger partial charge is 0.458 e. The van der Waals surface area contributed by atoms with Gasteiger partial charge in [0.2, 0.25) is 0 Å². The van der Waals surface area contributed by atoms with Crippen LogP contribution < -0.4 is 11.1 Å². The number of nitrogens with two attached hydrogens (primary N) is 1. The van der Waals surface area contributed by atoms with Gasteiger partial charge in [-0.2, -0.15) is 0 Å². The Balaban J connectivity index is 1.39. The molecule has 2 aliphatic heterocycles. The molecule has 13 heteroatoms. The number of rotatable bonds is 9. The van der Waals surface area contributed by atoms with Gasteiger partial charge in [-0.3, -0.25) is 19.2 Å². The van der Waals surface area contributed by atoms with Gasteiger partial charge < -0.3 is 25.3 Å². The van der Waals surface area contributed by atoms with Crippen LogP contribution in [0.15, 0.2) is 30.5 Å². The molecular formula is C37H57BN6O6. The van der Waals surface area contributed by atoms with E-state index in [2.05, 4.69) is 29.5 Å². The zero-order valence-corrected chi connectivity index (χ0v) is 31.2. The van der Waals surface area contributed by atoms with Gasteiger partial charge in [0.25, 0.3) is 0 Å². The van der Waals surface area contributed by atoms with E-state index in [4.69, 9.17) is 19.9 Å². The minimum atomic E-state index is -1.12. The van der Waals surface area contributed by atoms with E-state index in [9.17, 15) is 14.4 Å². The van der Waals surface area contributed by atoms with E-state index < -0.39 is 41.2 Å². The number of carbonyl (C=O) groups is 3. The van der Waals surface area contributed by atoms with Crippen LogP contribution >= 0.6 is 0 Å². The minimum Gasteiger partial charge on any atom is -0.458 e. The van der Waals surface area contributed by atoms with Gasteiger partial charge in [-0.25, -0.2) is 4.79 Å². The zero-order chi connectivity index (χ0) is 36.4. The van der Waals surface area contributed by atoms with Gasteiger partial charge in [0, 0.05) is 43.4 Å². The molecule has 1 aliphatic carbocycles. The molecule has 1 aromatic carbocycles. The van der Waals surface area contributed by atoms with Crippen LogP contribution in [0.3, 0.4) is 0 Å². The molecule has 1 amide bonds. The van der Waals surface area contributed by atoms with Crippen molar-refractivity contribution >= 4 is 31.4 Å². The number of fused-ring (bicyclic) bond motifs is 1. The van der Waals surface area contributed by atoms with Crippen LogP contribution in [-0.2, 0) is 30.3 Å². The first-order chi connectivity index (χ1) is 23.7. The van der Waals surface area contributed by atoms with E-state index >= 15 is 0 Å². The zero-order valence-electron chi connectivity index (χ0n) is 31.2. The van der Waals surface area contributed by atoms with Crippen LogP contribution in [0.5, 0.6) is 0 Å². The van der Waals surface area contributed by atoms with Crippen molar-refractivity contribution in [3.63, 3.8) is 0 Å². The second-order valence-electron chi connectivity index (χ2n) is 15.5. The molecule has 3 fully saturated rings. The molecule has 5 rings (SSSR count). The lowest BCUT2D eigenvalue weighted by molar-refractivity contribution is -0.170. The molecule has 1 aromatic heterocycles. The first-order valence-electron chi connectivity index (χ1n) is 18.5. The number of ether oxygens (including phenoxy) is 3. The van der Waals surface area contributed by atoms with Crippen molar-refractivity contribution in [2.24, 2.45) is 23.7 Å². The third-order valence-electron chi connectivity index (χ3n) is 11.8. The Hall–Kier alpha value is -3.45. The maximum atomic E-state index is 13.8. The fourth-order valence-electron chi connectivity index (χ4n) is 8.24. The van der Waals surface area contributed by atoms with E-state index in [-0.39, 0.29) is 29.6 Å². The van der Waals surface area contributed by atoms with Gasteiger partial charge in [-0.05, 0) is 95.6 Å². The van der Waals surface area contributed by atoms with E-state index in [0.717, 1.165) is 36.9 Å². The highest BCUT2D eigenvalue weighted by atomic mass is 16.6. The summed E-state index contributed by atoms with van der Waals surface area (Å²) in [5.41, 5.74) is 6.59. The normalized spacial score (nSPS) is 34.4. The Kier molecular flexibility index (Phi) is 11.7. The molecule has 2 saturated heterocycles. The minimum absolute atomic E-state index is 0.0628. The molecule has 0 unspecified atom stereocenters. The van der Waals surface area contributed by atoms with Crippen LogP contribution in [0.1, 0.15) is 80.1 Å². The van der Waals surface area contributed by atoms with Crippen molar-refractivity contribution in [1.29, 1.82) is 0 Å². The molecule has 2 aromatic rings. The maximum Gasteiger partial charge on any atom is 0.410 e. The summed E-state index contributed by atoms with van der Waals surface area (Å²) in [5.74, 6) is -1.69. The topological polar surface area (TPSA) is 151 Å². The van der Waals surface area contributed by atoms with Crippen LogP contribution in [0, 0.1) is 23.7 Å². The molecular weight excluding hydrogens is 635 g/mol. The number of carbonyl (C=O) groups excluding carboxylic acids is 3. The summed E-state index contributed by atoms with van der Waals surface area (Å²) in [7, 11) is 3.74. The van der Waals surface area contributed by atoms with E-state index in [1.807, 2.05) is 68.7 Å². The number of unbranched alkanes of at least 4 members (excludes halogenated alkanes) is 1. The number of nitrogens with one attached hydrogen (secondary N) is 1. The van der Waals surface area contributed by atoms with Crippen molar-refractivity contribution in [1.82, 2.24) is 25.2 Å². The van der Waals surface area contributed by atoms with Gasteiger partial charge in [0.1, 0.15) is 31.3 Å². The Labute approximate surface area is 297 Å². The summed E-state index contributed by atoms with van der Waals surface area (Å²) < 4.78 is 20.4. The number of methoxy groups -OCH3 is 1. The fourth-order valence-corrected chi connectivity index (χ4v) is 8.24. The lowest BCUT2D eigenvalue weighted by atomic mass is 9.62. The van der Waals surface area contributed by atoms with Gasteiger partial charge >= 0.3 is 12.1 Å². The molecule has 274 valence electrons. The molecule has 0 bridgehead atoms. The molecule has 3 aliphatic rings. The summed E-state index contributed by atoms with van der Waals surface area (Å²) in [4.78, 5) is 43.1. The first-order valence-corrected chi connectivity index (χ1v) is 18.5. The SMILES string of the molecule is B[C@@H]1[C@@H](C)C(=O)[C@@H](C)C(=O)O[C@H](CC)[C@@]2(C)OC(=O)N(CCCCn3cc(-c4cccc(N)c4)nn3)[C@@H]2[C@@H](C2CC2)NC[C@H](C)C[C@@]1(C)OC. The van der Waals surface area contributed by atoms with E-state index in [0.29, 0.717) is 44.1 Å². The number of nitrogen functional groups attached to an aromatic ring is 1. The van der Waals surface area contributed by atoms with Crippen molar-refractivity contribution in [2.75, 3.05) is 25.9 Å². The lowest BCUT2D eigenvalue weighted by Gasteiger charge is -2.42. The molecule has 1 saturated carbocycles. The Morgan fingerprint density at radius 2 is 1.84 bits per heavy atom. The van der Waals surface area contributed by atoms with Crippen molar-refractivity contribution in [3.8, 4) is 11.3 Å². The standard InChI is InChI=1S/C37H57BN6O6/c1-8-29-37(6)33(44(35(47)50-37)17-10-9-16-43-21-28(41-42-43)26-12-11-13-27(39)18-26)30(25-14-15-25)40-20-22(2)19-36(5,48-7)32(38)23(3)31(45)24(4)34(46)49-29/h11-13,18,21-25,29-30,32-33,40H,8-10,14-17,19-20,38-39H2,1-7H3/t22-,23+,24-,29-,30-,32-,33-,36-,37-/m1/s1. The number of anilines is 1. The molecule has 0 radical (unpaired) electrons. The number of aromatic nitrogens is 3. The number of amides is 1. The van der Waals surface area contributed by atoms with Crippen LogP contribution in [-0.4, -0.2) is 95.2 Å². The first kappa shape index (κ1) is 37.8. The highest BCUT2D eigenvalue weighted by Crippen LogP contribution is 2.45. The van der Waals surface area contributed by atoms with Gasteiger partial charge in [-0.1, -0.05) is 38.1 Å². The number of ketones is 1. The highest BCUT2D eigenvalue weighted by molar-refractivity contribution is 6.15. The number of nitrogens with zero attached hydrogens (tertiary/aromatic N) is 4.